The number of hydrogen-bond donors (Lipinski definition) is 1. The third-order valence-corrected chi connectivity index (χ3v) is 7.56. The number of ether oxygens (including phenoxy) is 1. The molecule has 2 unspecified atom stereocenters. The molecule has 0 spiro atoms. The Bertz CT molecular complexity index is 662. The lowest BCUT2D eigenvalue weighted by Gasteiger charge is -2.31. The van der Waals surface area contributed by atoms with Gasteiger partial charge in [-0.05, 0) is 62.1 Å². The summed E-state index contributed by atoms with van der Waals surface area (Å²) in [6, 6.07) is 8.48. The molecule has 3 fully saturated rings. The van der Waals surface area contributed by atoms with Crippen LogP contribution >= 0.6 is 0 Å². The van der Waals surface area contributed by atoms with Crippen molar-refractivity contribution in [1.29, 1.82) is 0 Å². The molecule has 1 aromatic carbocycles. The molecule has 0 heterocycles. The fraction of sp³-hybridized carbons (Fsp3) is 0.684. The molecule has 1 N–H and O–H groups in total. The van der Waals surface area contributed by atoms with E-state index in [4.69, 9.17) is 4.74 Å². The van der Waals surface area contributed by atoms with Gasteiger partial charge in [0.2, 0.25) is 10.0 Å². The average Bonchev–Trinajstić information content (AvgIpc) is 3.47. The molecule has 0 bridgehead atoms. The highest BCUT2D eigenvalue weighted by molar-refractivity contribution is 7.90. The van der Waals surface area contributed by atoms with Crippen LogP contribution in [0, 0.1) is 5.92 Å². The van der Waals surface area contributed by atoms with E-state index >= 15 is 0 Å². The first kappa shape index (κ1) is 16.4. The molecule has 0 radical (unpaired) electrons. The van der Waals surface area contributed by atoms with E-state index in [-0.39, 0.29) is 17.2 Å². The van der Waals surface area contributed by atoms with Crippen molar-refractivity contribution < 1.29 is 13.2 Å². The van der Waals surface area contributed by atoms with E-state index in [2.05, 4.69) is 29.0 Å². The van der Waals surface area contributed by atoms with E-state index < -0.39 is 10.0 Å². The van der Waals surface area contributed by atoms with Gasteiger partial charge in [0, 0.05) is 12.0 Å². The molecule has 2 atom stereocenters. The van der Waals surface area contributed by atoms with E-state index in [0.29, 0.717) is 6.61 Å². The molecule has 3 aliphatic carbocycles. The molecule has 4 rings (SSSR count). The molecule has 1 aromatic rings. The van der Waals surface area contributed by atoms with Crippen LogP contribution in [-0.4, -0.2) is 26.3 Å². The van der Waals surface area contributed by atoms with Gasteiger partial charge in [-0.1, -0.05) is 25.0 Å². The number of hydrogen-bond acceptors (Lipinski definition) is 3. The molecular formula is C19H27NO3S. The Morgan fingerprint density at radius 1 is 0.958 bits per heavy atom. The standard InChI is InChI=1S/C19H27NO3S/c21-24(22,18-11-12-18)20-19-4-2-1-3-16(19)13-23-17-9-7-15(8-10-17)14-5-6-14/h7-10,14,16,18-20H,1-6,11-13H2. The van der Waals surface area contributed by atoms with E-state index in [9.17, 15) is 8.42 Å². The molecule has 0 aliphatic heterocycles. The monoisotopic (exact) mass is 349 g/mol. The van der Waals surface area contributed by atoms with E-state index in [1.54, 1.807) is 0 Å². The van der Waals surface area contributed by atoms with E-state index in [1.807, 2.05) is 0 Å². The quantitative estimate of drug-likeness (QED) is 0.818. The summed E-state index contributed by atoms with van der Waals surface area (Å²) in [4.78, 5) is 0. The smallest absolute Gasteiger partial charge is 0.214 e. The van der Waals surface area contributed by atoms with Crippen LogP contribution in [-0.2, 0) is 10.0 Å². The molecular weight excluding hydrogens is 322 g/mol. The number of nitrogens with one attached hydrogen (secondary N) is 1. The summed E-state index contributed by atoms with van der Waals surface area (Å²) in [6.07, 6.45) is 8.49. The summed E-state index contributed by atoms with van der Waals surface area (Å²) >= 11 is 0. The Balaban J connectivity index is 1.34. The minimum Gasteiger partial charge on any atom is -0.493 e. The first-order chi connectivity index (χ1) is 11.6. The van der Waals surface area contributed by atoms with Gasteiger partial charge in [0.15, 0.2) is 0 Å². The lowest BCUT2D eigenvalue weighted by atomic mass is 9.86. The third kappa shape index (κ3) is 3.94. The third-order valence-electron chi connectivity index (χ3n) is 5.58. The van der Waals surface area contributed by atoms with Crippen molar-refractivity contribution >= 4 is 10.0 Å². The first-order valence-electron chi connectivity index (χ1n) is 9.36. The van der Waals surface area contributed by atoms with Crippen LogP contribution in [0.1, 0.15) is 62.8 Å². The van der Waals surface area contributed by atoms with Crippen LogP contribution in [0.15, 0.2) is 24.3 Å². The Labute approximate surface area is 145 Å². The van der Waals surface area contributed by atoms with Gasteiger partial charge in [0.05, 0.1) is 11.9 Å². The summed E-state index contributed by atoms with van der Waals surface area (Å²) in [5.74, 6) is 1.93. The lowest BCUT2D eigenvalue weighted by Crippen LogP contribution is -2.45. The second-order valence-corrected chi connectivity index (χ2v) is 9.66. The van der Waals surface area contributed by atoms with Gasteiger partial charge in [0.25, 0.3) is 0 Å². The second-order valence-electron chi connectivity index (χ2n) is 7.67. The van der Waals surface area contributed by atoms with Crippen LogP contribution in [0.25, 0.3) is 0 Å². The molecule has 3 aliphatic rings. The van der Waals surface area contributed by atoms with E-state index in [0.717, 1.165) is 50.2 Å². The maximum absolute atomic E-state index is 12.2. The minimum atomic E-state index is -3.12. The number of rotatable bonds is 7. The van der Waals surface area contributed by atoms with Crippen molar-refractivity contribution in [3.05, 3.63) is 29.8 Å². The Kier molecular flexibility index (Phi) is 4.56. The molecule has 0 saturated heterocycles. The highest BCUT2D eigenvalue weighted by Gasteiger charge is 2.39. The molecule has 3 saturated carbocycles. The molecule has 5 heteroatoms. The number of benzene rings is 1. The largest absolute Gasteiger partial charge is 0.493 e. The van der Waals surface area contributed by atoms with Gasteiger partial charge in [-0.2, -0.15) is 0 Å². The summed E-state index contributed by atoms with van der Waals surface area (Å²) < 4.78 is 33.4. The van der Waals surface area contributed by atoms with Gasteiger partial charge in [-0.3, -0.25) is 0 Å². The lowest BCUT2D eigenvalue weighted by molar-refractivity contribution is 0.180. The SMILES string of the molecule is O=S(=O)(NC1CCCCC1COc1ccc(C2CC2)cc1)C1CC1. The first-order valence-corrected chi connectivity index (χ1v) is 10.9. The summed E-state index contributed by atoms with van der Waals surface area (Å²) in [5.41, 5.74) is 1.41. The fourth-order valence-corrected chi connectivity index (χ4v) is 5.39. The van der Waals surface area contributed by atoms with Crippen LogP contribution in [0.4, 0.5) is 0 Å². The fourth-order valence-electron chi connectivity index (χ4n) is 3.70. The van der Waals surface area contributed by atoms with Crippen LogP contribution in [0.2, 0.25) is 0 Å². The van der Waals surface area contributed by atoms with E-state index in [1.165, 1.54) is 18.4 Å². The molecule has 132 valence electrons. The minimum absolute atomic E-state index is 0.0371. The van der Waals surface area contributed by atoms with Gasteiger partial charge >= 0.3 is 0 Å². The zero-order chi connectivity index (χ0) is 16.6. The van der Waals surface area contributed by atoms with Crippen molar-refractivity contribution in [2.75, 3.05) is 6.61 Å². The maximum atomic E-state index is 12.2. The van der Waals surface area contributed by atoms with Crippen molar-refractivity contribution in [2.45, 2.75) is 68.6 Å². The molecule has 4 nitrogen and oxygen atoms in total. The topological polar surface area (TPSA) is 55.4 Å². The Hall–Kier alpha value is -1.07. The molecule has 0 aromatic heterocycles. The Morgan fingerprint density at radius 3 is 2.33 bits per heavy atom. The summed E-state index contributed by atoms with van der Waals surface area (Å²) in [7, 11) is -3.12. The predicted octanol–water partition coefficient (Wildman–Crippen LogP) is 3.58. The van der Waals surface area contributed by atoms with Gasteiger partial charge in [-0.25, -0.2) is 13.1 Å². The second kappa shape index (κ2) is 6.68. The summed E-state index contributed by atoms with van der Waals surface area (Å²) in [5, 5.41) is -0.143. The predicted molar refractivity (Wildman–Crippen MR) is 94.7 cm³/mol. The zero-order valence-electron chi connectivity index (χ0n) is 14.1. The van der Waals surface area contributed by atoms with Gasteiger partial charge in [0.1, 0.15) is 5.75 Å². The van der Waals surface area contributed by atoms with Crippen LogP contribution < -0.4 is 9.46 Å². The summed E-state index contributed by atoms with van der Waals surface area (Å²) in [6.45, 7) is 0.598. The number of sulfonamides is 1. The van der Waals surface area contributed by atoms with Crippen molar-refractivity contribution in [2.24, 2.45) is 5.92 Å². The molecule has 0 amide bonds. The van der Waals surface area contributed by atoms with Crippen molar-refractivity contribution in [3.63, 3.8) is 0 Å². The zero-order valence-corrected chi connectivity index (χ0v) is 14.9. The maximum Gasteiger partial charge on any atom is 0.214 e. The highest BCUT2D eigenvalue weighted by Crippen LogP contribution is 2.40. The van der Waals surface area contributed by atoms with Crippen LogP contribution in [0.5, 0.6) is 5.75 Å². The normalized spacial score (nSPS) is 27.8. The molecule has 24 heavy (non-hydrogen) atoms. The van der Waals surface area contributed by atoms with Gasteiger partial charge < -0.3 is 4.74 Å². The van der Waals surface area contributed by atoms with Crippen LogP contribution in [0.3, 0.4) is 0 Å². The highest BCUT2D eigenvalue weighted by atomic mass is 32.2. The van der Waals surface area contributed by atoms with Crippen molar-refractivity contribution in [3.8, 4) is 5.75 Å². The average molecular weight is 349 g/mol. The van der Waals surface area contributed by atoms with Gasteiger partial charge in [-0.15, -0.1) is 0 Å². The van der Waals surface area contributed by atoms with Crippen molar-refractivity contribution in [1.82, 2.24) is 4.72 Å². The Morgan fingerprint density at radius 2 is 1.67 bits per heavy atom.